The molecule has 2 aromatic rings. The highest BCUT2D eigenvalue weighted by molar-refractivity contribution is 5.77. The Morgan fingerprint density at radius 3 is 2.95 bits per heavy atom. The van der Waals surface area contributed by atoms with Gasteiger partial charge in [0.05, 0.1) is 7.11 Å². The zero-order valence-electron chi connectivity index (χ0n) is 10.8. The van der Waals surface area contributed by atoms with Gasteiger partial charge in [-0.2, -0.15) is 0 Å². The second-order valence-electron chi connectivity index (χ2n) is 4.89. The Kier molecular flexibility index (Phi) is 3.15. The van der Waals surface area contributed by atoms with E-state index >= 15 is 0 Å². The summed E-state index contributed by atoms with van der Waals surface area (Å²) in [5.41, 5.74) is 0. The van der Waals surface area contributed by atoms with Gasteiger partial charge in [-0.1, -0.05) is 12.8 Å². The summed E-state index contributed by atoms with van der Waals surface area (Å²) in [5.74, 6) is 0.878. The quantitative estimate of drug-likeness (QED) is 0.783. The Hall–Kier alpha value is -1.98. The van der Waals surface area contributed by atoms with E-state index in [1.165, 1.54) is 7.11 Å². The monoisotopic (exact) mass is 260 g/mol. The number of carbonyl (C=O) groups excluding carboxylic acids is 1. The molecule has 0 aromatic carbocycles. The Bertz CT molecular complexity index is 589. The van der Waals surface area contributed by atoms with Gasteiger partial charge in [0.15, 0.2) is 5.82 Å². The first-order chi connectivity index (χ1) is 9.31. The third-order valence-corrected chi connectivity index (χ3v) is 3.82. The Morgan fingerprint density at radius 2 is 2.21 bits per heavy atom. The van der Waals surface area contributed by atoms with Crippen molar-refractivity contribution in [3.63, 3.8) is 0 Å². The highest BCUT2D eigenvalue weighted by Crippen LogP contribution is 2.37. The van der Waals surface area contributed by atoms with Gasteiger partial charge in [-0.3, -0.25) is 9.20 Å². The second kappa shape index (κ2) is 4.95. The van der Waals surface area contributed by atoms with Crippen molar-refractivity contribution in [2.24, 2.45) is 5.92 Å². The number of ether oxygens (including phenoxy) is 1. The first kappa shape index (κ1) is 12.1. The van der Waals surface area contributed by atoms with E-state index in [2.05, 4.69) is 15.2 Å². The van der Waals surface area contributed by atoms with Crippen molar-refractivity contribution in [2.75, 3.05) is 7.11 Å². The van der Waals surface area contributed by atoms with Gasteiger partial charge in [-0.25, -0.2) is 4.98 Å². The van der Waals surface area contributed by atoms with E-state index < -0.39 is 0 Å². The Balaban J connectivity index is 2.05. The fourth-order valence-electron chi connectivity index (χ4n) is 2.90. The van der Waals surface area contributed by atoms with Crippen LogP contribution >= 0.6 is 0 Å². The zero-order valence-corrected chi connectivity index (χ0v) is 10.8. The lowest BCUT2D eigenvalue weighted by Crippen LogP contribution is -2.23. The summed E-state index contributed by atoms with van der Waals surface area (Å²) in [6, 6.07) is 1.81. The van der Waals surface area contributed by atoms with Crippen LogP contribution < -0.4 is 0 Å². The van der Waals surface area contributed by atoms with E-state index in [0.29, 0.717) is 17.5 Å². The van der Waals surface area contributed by atoms with E-state index in [0.717, 1.165) is 25.7 Å². The number of hydrogen-bond acceptors (Lipinski definition) is 5. The lowest BCUT2D eigenvalue weighted by Gasteiger charge is -2.19. The first-order valence-corrected chi connectivity index (χ1v) is 6.54. The summed E-state index contributed by atoms with van der Waals surface area (Å²) in [5, 5.41) is 8.18. The topological polar surface area (TPSA) is 69.4 Å². The molecular formula is C13H16N4O2. The van der Waals surface area contributed by atoms with Crippen LogP contribution in [0, 0.1) is 5.92 Å². The molecule has 1 atom stereocenters. The van der Waals surface area contributed by atoms with E-state index in [4.69, 9.17) is 4.74 Å². The summed E-state index contributed by atoms with van der Waals surface area (Å²) in [6.07, 6.45) is 7.89. The maximum atomic E-state index is 12.1. The van der Waals surface area contributed by atoms with E-state index in [1.54, 1.807) is 10.6 Å². The number of rotatable bonds is 3. The van der Waals surface area contributed by atoms with E-state index in [-0.39, 0.29) is 11.9 Å². The predicted octanol–water partition coefficient (Wildman–Crippen LogP) is 1.57. The minimum absolute atomic E-state index is 0.231. The van der Waals surface area contributed by atoms with Crippen LogP contribution in [0.1, 0.15) is 37.4 Å². The molecular weight excluding hydrogens is 244 g/mol. The summed E-state index contributed by atoms with van der Waals surface area (Å²) in [6.45, 7) is 0. The predicted molar refractivity (Wildman–Crippen MR) is 67.5 cm³/mol. The van der Waals surface area contributed by atoms with Crippen LogP contribution in [0.5, 0.6) is 0 Å². The smallest absolute Gasteiger partial charge is 0.316 e. The number of fused-ring (bicyclic) bond motifs is 1. The molecule has 0 aliphatic heterocycles. The molecule has 1 unspecified atom stereocenters. The van der Waals surface area contributed by atoms with Gasteiger partial charge < -0.3 is 4.74 Å². The average Bonchev–Trinajstić information content (AvgIpc) is 3.09. The van der Waals surface area contributed by atoms with Crippen molar-refractivity contribution in [1.82, 2.24) is 19.6 Å². The molecule has 100 valence electrons. The van der Waals surface area contributed by atoms with Gasteiger partial charge in [0.1, 0.15) is 5.92 Å². The normalized spacial score (nSPS) is 17.7. The number of aromatic nitrogens is 4. The molecule has 2 aromatic heterocycles. The Morgan fingerprint density at radius 1 is 1.42 bits per heavy atom. The van der Waals surface area contributed by atoms with Gasteiger partial charge in [0.25, 0.3) is 5.78 Å². The van der Waals surface area contributed by atoms with Crippen molar-refractivity contribution >= 4 is 11.7 Å². The molecule has 1 aliphatic carbocycles. The molecule has 6 nitrogen and oxygen atoms in total. The molecule has 0 amide bonds. The van der Waals surface area contributed by atoms with Crippen molar-refractivity contribution in [3.05, 3.63) is 24.3 Å². The number of hydrogen-bond donors (Lipinski definition) is 0. The van der Waals surface area contributed by atoms with Crippen molar-refractivity contribution < 1.29 is 9.53 Å². The lowest BCUT2D eigenvalue weighted by atomic mass is 9.90. The van der Waals surface area contributed by atoms with Crippen LogP contribution in [-0.2, 0) is 9.53 Å². The molecule has 0 spiro atoms. The molecule has 0 radical (unpaired) electrons. The van der Waals surface area contributed by atoms with Crippen LogP contribution in [0.2, 0.25) is 0 Å². The third kappa shape index (κ3) is 2.07. The van der Waals surface area contributed by atoms with Crippen LogP contribution in [0.15, 0.2) is 18.5 Å². The molecule has 1 fully saturated rings. The number of esters is 1. The molecule has 1 aliphatic rings. The fraction of sp³-hybridized carbons (Fsp3) is 0.538. The minimum Gasteiger partial charge on any atom is -0.468 e. The van der Waals surface area contributed by atoms with E-state index in [9.17, 15) is 4.79 Å². The number of nitrogens with zero attached hydrogens (tertiary/aromatic N) is 4. The van der Waals surface area contributed by atoms with Gasteiger partial charge in [0.2, 0.25) is 0 Å². The van der Waals surface area contributed by atoms with Crippen LogP contribution in [0.25, 0.3) is 5.78 Å². The largest absolute Gasteiger partial charge is 0.468 e. The standard InChI is InChI=1S/C13H16N4O2/c1-19-12(18)10(9-5-2-3-6-9)11-15-16-13-14-7-4-8-17(11)13/h4,7-10H,2-3,5-6H2,1H3. The molecule has 19 heavy (non-hydrogen) atoms. The van der Waals surface area contributed by atoms with Crippen molar-refractivity contribution in [3.8, 4) is 0 Å². The van der Waals surface area contributed by atoms with Gasteiger partial charge in [0, 0.05) is 12.4 Å². The fourth-order valence-corrected chi connectivity index (χ4v) is 2.90. The summed E-state index contributed by atoms with van der Waals surface area (Å²) in [4.78, 5) is 16.3. The summed E-state index contributed by atoms with van der Waals surface area (Å²) < 4.78 is 6.73. The maximum Gasteiger partial charge on any atom is 0.316 e. The summed E-state index contributed by atoms with van der Waals surface area (Å²) in [7, 11) is 1.42. The minimum atomic E-state index is -0.341. The molecule has 0 N–H and O–H groups in total. The SMILES string of the molecule is COC(=O)C(c1nnc2ncccn12)C1CCCC1. The van der Waals surface area contributed by atoms with Crippen molar-refractivity contribution in [1.29, 1.82) is 0 Å². The lowest BCUT2D eigenvalue weighted by molar-refractivity contribution is -0.144. The van der Waals surface area contributed by atoms with Crippen molar-refractivity contribution in [2.45, 2.75) is 31.6 Å². The highest BCUT2D eigenvalue weighted by atomic mass is 16.5. The average molecular weight is 260 g/mol. The molecule has 1 saturated carbocycles. The second-order valence-corrected chi connectivity index (χ2v) is 4.89. The Labute approximate surface area is 110 Å². The highest BCUT2D eigenvalue weighted by Gasteiger charge is 2.36. The van der Waals surface area contributed by atoms with Crippen LogP contribution in [0.4, 0.5) is 0 Å². The third-order valence-electron chi connectivity index (χ3n) is 3.82. The van der Waals surface area contributed by atoms with Gasteiger partial charge in [-0.05, 0) is 24.8 Å². The van der Waals surface area contributed by atoms with Crippen LogP contribution in [-0.4, -0.2) is 32.7 Å². The molecule has 2 heterocycles. The first-order valence-electron chi connectivity index (χ1n) is 6.54. The molecule has 0 bridgehead atoms. The molecule has 0 saturated heterocycles. The van der Waals surface area contributed by atoms with Gasteiger partial charge in [-0.15, -0.1) is 10.2 Å². The van der Waals surface area contributed by atoms with Gasteiger partial charge >= 0.3 is 5.97 Å². The van der Waals surface area contributed by atoms with Crippen LogP contribution in [0.3, 0.4) is 0 Å². The molecule has 6 heteroatoms. The number of methoxy groups -OCH3 is 1. The molecule has 3 rings (SSSR count). The summed E-state index contributed by atoms with van der Waals surface area (Å²) >= 11 is 0. The number of carbonyl (C=O) groups is 1. The maximum absolute atomic E-state index is 12.1. The zero-order chi connectivity index (χ0) is 13.2. The van der Waals surface area contributed by atoms with E-state index in [1.807, 2.05) is 12.3 Å².